The number of anilines is 1. The van der Waals surface area contributed by atoms with Crippen molar-refractivity contribution < 1.29 is 0 Å². The van der Waals surface area contributed by atoms with E-state index in [4.69, 9.17) is 16.9 Å². The van der Waals surface area contributed by atoms with E-state index >= 15 is 0 Å². The van der Waals surface area contributed by atoms with Gasteiger partial charge in [-0.05, 0) is 30.9 Å². The Balaban J connectivity index is 2.15. The molecule has 2 rings (SSSR count). The first-order chi connectivity index (χ1) is 8.22. The number of hydrogen-bond acceptors (Lipinski definition) is 2. The van der Waals surface area contributed by atoms with Gasteiger partial charge in [0, 0.05) is 13.6 Å². The summed E-state index contributed by atoms with van der Waals surface area (Å²) in [7, 11) is 2.05. The van der Waals surface area contributed by atoms with Crippen LogP contribution in [0.5, 0.6) is 0 Å². The van der Waals surface area contributed by atoms with Gasteiger partial charge in [-0.2, -0.15) is 5.26 Å². The maximum atomic E-state index is 9.15. The molecule has 0 amide bonds. The molecule has 0 heterocycles. The van der Waals surface area contributed by atoms with Crippen molar-refractivity contribution in [2.24, 2.45) is 5.92 Å². The summed E-state index contributed by atoms with van der Waals surface area (Å²) in [6, 6.07) is 7.84. The van der Waals surface area contributed by atoms with Gasteiger partial charge in [0.25, 0.3) is 0 Å². The third-order valence-electron chi connectivity index (χ3n) is 3.52. The number of benzene rings is 1. The van der Waals surface area contributed by atoms with Gasteiger partial charge in [0.1, 0.15) is 6.07 Å². The van der Waals surface area contributed by atoms with Crippen molar-refractivity contribution in [1.29, 1.82) is 5.26 Å². The maximum absolute atomic E-state index is 9.15. The van der Waals surface area contributed by atoms with Crippen LogP contribution in [0, 0.1) is 17.2 Å². The molecule has 0 saturated heterocycles. The molecule has 0 atom stereocenters. The van der Waals surface area contributed by atoms with Gasteiger partial charge in [-0.1, -0.05) is 30.5 Å². The molecule has 1 aromatic rings. The average Bonchev–Trinajstić information content (AvgIpc) is 2.81. The zero-order valence-electron chi connectivity index (χ0n) is 10.1. The van der Waals surface area contributed by atoms with Crippen molar-refractivity contribution >= 4 is 17.3 Å². The quantitative estimate of drug-likeness (QED) is 0.813. The minimum Gasteiger partial charge on any atom is -0.373 e. The summed E-state index contributed by atoms with van der Waals surface area (Å²) in [6.07, 6.45) is 5.32. The Bertz CT molecular complexity index is 430. The molecule has 2 nitrogen and oxygen atoms in total. The van der Waals surface area contributed by atoms with Crippen LogP contribution in [0.2, 0.25) is 5.02 Å². The molecular weight excluding hydrogens is 232 g/mol. The third kappa shape index (κ3) is 2.73. The predicted octanol–water partition coefficient (Wildman–Crippen LogP) is 3.84. The fraction of sp³-hybridized carbons (Fsp3) is 0.500. The Kier molecular flexibility index (Phi) is 3.91. The van der Waals surface area contributed by atoms with Crippen LogP contribution in [-0.4, -0.2) is 13.6 Å². The van der Waals surface area contributed by atoms with Gasteiger partial charge in [0.05, 0.1) is 16.3 Å². The van der Waals surface area contributed by atoms with E-state index in [2.05, 4.69) is 11.0 Å². The topological polar surface area (TPSA) is 27.0 Å². The highest BCUT2D eigenvalue weighted by Gasteiger charge is 2.18. The molecule has 1 aromatic carbocycles. The van der Waals surface area contributed by atoms with E-state index in [0.717, 1.165) is 18.2 Å². The van der Waals surface area contributed by atoms with Crippen molar-refractivity contribution in [1.82, 2.24) is 0 Å². The minimum absolute atomic E-state index is 0.545. The Morgan fingerprint density at radius 2 is 2.12 bits per heavy atom. The van der Waals surface area contributed by atoms with E-state index < -0.39 is 0 Å². The third-order valence-corrected chi connectivity index (χ3v) is 3.84. The summed E-state index contributed by atoms with van der Waals surface area (Å²) in [4.78, 5) is 2.17. The molecular formula is C14H17ClN2. The summed E-state index contributed by atoms with van der Waals surface area (Å²) in [5.74, 6) is 0.769. The Hall–Kier alpha value is -1.20. The molecule has 0 bridgehead atoms. The van der Waals surface area contributed by atoms with Gasteiger partial charge in [-0.3, -0.25) is 0 Å². The number of nitriles is 1. The summed E-state index contributed by atoms with van der Waals surface area (Å²) < 4.78 is 0. The number of rotatable bonds is 3. The fourth-order valence-corrected chi connectivity index (χ4v) is 2.83. The van der Waals surface area contributed by atoms with Crippen LogP contribution in [0.25, 0.3) is 0 Å². The van der Waals surface area contributed by atoms with Crippen LogP contribution in [0.3, 0.4) is 0 Å². The highest BCUT2D eigenvalue weighted by Crippen LogP contribution is 2.30. The molecule has 0 radical (unpaired) electrons. The smallest absolute Gasteiger partial charge is 0.103 e. The standard InChI is InChI=1S/C14H17ClN2/c1-17(10-11-5-2-3-6-11)14-8-4-7-13(15)12(14)9-16/h4,7-8,11H,2-3,5-6,10H2,1H3. The molecule has 0 N–H and O–H groups in total. The van der Waals surface area contributed by atoms with E-state index in [-0.39, 0.29) is 0 Å². The molecule has 3 heteroatoms. The highest BCUT2D eigenvalue weighted by molar-refractivity contribution is 6.32. The van der Waals surface area contributed by atoms with Crippen LogP contribution in [0.4, 0.5) is 5.69 Å². The second-order valence-electron chi connectivity index (χ2n) is 4.78. The largest absolute Gasteiger partial charge is 0.373 e. The second-order valence-corrected chi connectivity index (χ2v) is 5.18. The average molecular weight is 249 g/mol. The van der Waals surface area contributed by atoms with Crippen molar-refractivity contribution in [3.63, 3.8) is 0 Å². The lowest BCUT2D eigenvalue weighted by Gasteiger charge is -2.24. The summed E-state index contributed by atoms with van der Waals surface area (Å²) >= 11 is 6.04. The van der Waals surface area contributed by atoms with Crippen molar-refractivity contribution in [2.75, 3.05) is 18.5 Å². The maximum Gasteiger partial charge on any atom is 0.103 e. The van der Waals surface area contributed by atoms with Crippen LogP contribution < -0.4 is 4.90 Å². The molecule has 1 aliphatic rings. The Labute approximate surface area is 108 Å². The first-order valence-corrected chi connectivity index (χ1v) is 6.50. The Morgan fingerprint density at radius 1 is 1.41 bits per heavy atom. The van der Waals surface area contributed by atoms with E-state index in [0.29, 0.717) is 10.6 Å². The van der Waals surface area contributed by atoms with Gasteiger partial charge < -0.3 is 4.90 Å². The van der Waals surface area contributed by atoms with Gasteiger partial charge >= 0.3 is 0 Å². The van der Waals surface area contributed by atoms with Crippen molar-refractivity contribution in [3.05, 3.63) is 28.8 Å². The van der Waals surface area contributed by atoms with Crippen LogP contribution >= 0.6 is 11.6 Å². The van der Waals surface area contributed by atoms with Crippen LogP contribution in [0.1, 0.15) is 31.2 Å². The number of nitrogens with zero attached hydrogens (tertiary/aromatic N) is 2. The molecule has 0 spiro atoms. The van der Waals surface area contributed by atoms with E-state index in [1.807, 2.05) is 19.2 Å². The first kappa shape index (κ1) is 12.3. The van der Waals surface area contributed by atoms with E-state index in [9.17, 15) is 0 Å². The SMILES string of the molecule is CN(CC1CCCC1)c1cccc(Cl)c1C#N. The molecule has 1 fully saturated rings. The molecule has 17 heavy (non-hydrogen) atoms. The lowest BCUT2D eigenvalue weighted by molar-refractivity contribution is 0.547. The van der Waals surface area contributed by atoms with Crippen molar-refractivity contribution in [2.45, 2.75) is 25.7 Å². The highest BCUT2D eigenvalue weighted by atomic mass is 35.5. The zero-order chi connectivity index (χ0) is 12.3. The molecule has 0 unspecified atom stereocenters. The lowest BCUT2D eigenvalue weighted by Crippen LogP contribution is -2.24. The first-order valence-electron chi connectivity index (χ1n) is 6.12. The number of halogens is 1. The normalized spacial score (nSPS) is 15.8. The van der Waals surface area contributed by atoms with Gasteiger partial charge in [-0.25, -0.2) is 0 Å². The van der Waals surface area contributed by atoms with Crippen molar-refractivity contribution in [3.8, 4) is 6.07 Å². The molecule has 1 saturated carbocycles. The lowest BCUT2D eigenvalue weighted by atomic mass is 10.1. The van der Waals surface area contributed by atoms with Crippen LogP contribution in [-0.2, 0) is 0 Å². The number of hydrogen-bond donors (Lipinski definition) is 0. The van der Waals surface area contributed by atoms with E-state index in [1.54, 1.807) is 6.07 Å². The predicted molar refractivity (Wildman–Crippen MR) is 71.4 cm³/mol. The van der Waals surface area contributed by atoms with Crippen LogP contribution in [0.15, 0.2) is 18.2 Å². The molecule has 1 aliphatic carbocycles. The zero-order valence-corrected chi connectivity index (χ0v) is 10.9. The molecule has 0 aromatic heterocycles. The second kappa shape index (κ2) is 5.42. The fourth-order valence-electron chi connectivity index (χ4n) is 2.62. The minimum atomic E-state index is 0.545. The van der Waals surface area contributed by atoms with E-state index in [1.165, 1.54) is 25.7 Å². The van der Waals surface area contributed by atoms with Gasteiger partial charge in [-0.15, -0.1) is 0 Å². The Morgan fingerprint density at radius 3 is 2.76 bits per heavy atom. The molecule has 0 aliphatic heterocycles. The monoisotopic (exact) mass is 248 g/mol. The molecule has 90 valence electrons. The van der Waals surface area contributed by atoms with Gasteiger partial charge in [0.15, 0.2) is 0 Å². The summed E-state index contributed by atoms with van der Waals surface area (Å²) in [5, 5.41) is 9.69. The van der Waals surface area contributed by atoms with Gasteiger partial charge in [0.2, 0.25) is 0 Å². The summed E-state index contributed by atoms with van der Waals surface area (Å²) in [5.41, 5.74) is 1.54. The summed E-state index contributed by atoms with van der Waals surface area (Å²) in [6.45, 7) is 1.02.